The highest BCUT2D eigenvalue weighted by molar-refractivity contribution is 8.01. The van der Waals surface area contributed by atoms with E-state index in [2.05, 4.69) is 45.6 Å². The number of benzene rings is 2. The number of hydrogen-bond donors (Lipinski definition) is 1. The lowest BCUT2D eigenvalue weighted by Crippen LogP contribution is -2.55. The zero-order valence-corrected chi connectivity index (χ0v) is 19.9. The Morgan fingerprint density at radius 3 is 2.28 bits per heavy atom. The van der Waals surface area contributed by atoms with Gasteiger partial charge in [-0.05, 0) is 123 Å². The summed E-state index contributed by atoms with van der Waals surface area (Å²) in [5.74, 6) is 3.52. The van der Waals surface area contributed by atoms with Crippen LogP contribution in [-0.2, 0) is 0 Å². The first-order chi connectivity index (χ1) is 15.6. The smallest absolute Gasteiger partial charge is 0.0723 e. The highest BCUT2D eigenvalue weighted by atomic mass is 32.2. The molecule has 4 aliphatic carbocycles. The van der Waals surface area contributed by atoms with E-state index in [0.29, 0.717) is 0 Å². The number of anilines is 1. The van der Waals surface area contributed by atoms with Crippen LogP contribution in [0.1, 0.15) is 51.4 Å². The molecule has 2 aromatic carbocycles. The lowest BCUT2D eigenvalue weighted by atomic mass is 9.48. The van der Waals surface area contributed by atoms with Crippen LogP contribution < -0.4 is 4.31 Å². The topological polar surface area (TPSA) is 26.7 Å². The van der Waals surface area contributed by atoms with Gasteiger partial charge in [-0.1, -0.05) is 24.3 Å². The third kappa shape index (κ3) is 3.32. The molecule has 0 amide bonds. The molecule has 1 N–H and O–H groups in total. The van der Waals surface area contributed by atoms with E-state index in [1.165, 1.54) is 72.7 Å². The highest BCUT2D eigenvalue weighted by Crippen LogP contribution is 2.61. The Morgan fingerprint density at radius 1 is 0.938 bits per heavy atom. The molecule has 4 saturated carbocycles. The number of nitrogens with zero attached hydrogens (tertiary/aromatic N) is 2. The summed E-state index contributed by atoms with van der Waals surface area (Å²) < 4.78 is 2.54. The van der Waals surface area contributed by atoms with Crippen LogP contribution in [0.2, 0.25) is 0 Å². The highest BCUT2D eigenvalue weighted by Gasteiger charge is 2.54. The van der Waals surface area contributed by atoms with Crippen molar-refractivity contribution in [2.45, 2.75) is 62.4 Å². The average Bonchev–Trinajstić information content (AvgIpc) is 3.13. The molecular formula is C28H36N2OS. The van der Waals surface area contributed by atoms with Gasteiger partial charge in [0.2, 0.25) is 0 Å². The molecule has 0 spiro atoms. The van der Waals surface area contributed by atoms with E-state index in [9.17, 15) is 5.11 Å². The Bertz CT molecular complexity index is 973. The number of likely N-dealkylation sites (tertiary alicyclic amines) is 1. The maximum Gasteiger partial charge on any atom is 0.0723 e. The monoisotopic (exact) mass is 448 g/mol. The van der Waals surface area contributed by atoms with Crippen molar-refractivity contribution in [2.75, 3.05) is 30.5 Å². The molecule has 32 heavy (non-hydrogen) atoms. The summed E-state index contributed by atoms with van der Waals surface area (Å²) in [7, 11) is 0. The zero-order chi connectivity index (χ0) is 21.3. The molecule has 2 aliphatic heterocycles. The van der Waals surface area contributed by atoms with Crippen LogP contribution in [0.15, 0.2) is 41.3 Å². The van der Waals surface area contributed by atoms with Gasteiger partial charge in [-0.2, -0.15) is 0 Å². The van der Waals surface area contributed by atoms with Crippen LogP contribution in [0.5, 0.6) is 0 Å². The molecular weight excluding hydrogens is 412 g/mol. The first kappa shape index (κ1) is 20.2. The molecule has 2 aromatic rings. The molecule has 2 heterocycles. The Balaban J connectivity index is 0.965. The Hall–Kier alpha value is -1.23. The van der Waals surface area contributed by atoms with Gasteiger partial charge in [0.15, 0.2) is 0 Å². The van der Waals surface area contributed by atoms with E-state index in [4.69, 9.17) is 0 Å². The summed E-state index contributed by atoms with van der Waals surface area (Å²) in [5, 5.41) is 14.2. The van der Waals surface area contributed by atoms with Crippen LogP contribution >= 0.6 is 11.9 Å². The van der Waals surface area contributed by atoms with E-state index < -0.39 is 0 Å². The fourth-order valence-electron chi connectivity index (χ4n) is 8.48. The molecule has 8 rings (SSSR count). The van der Waals surface area contributed by atoms with Crippen LogP contribution in [0, 0.1) is 29.1 Å². The van der Waals surface area contributed by atoms with Gasteiger partial charge in [-0.25, -0.2) is 0 Å². The van der Waals surface area contributed by atoms with Crippen molar-refractivity contribution in [3.8, 4) is 0 Å². The fraction of sp³-hybridized carbons (Fsp3) is 0.643. The van der Waals surface area contributed by atoms with E-state index in [1.54, 1.807) is 0 Å². The third-order valence-electron chi connectivity index (χ3n) is 9.68. The first-order valence-electron chi connectivity index (χ1n) is 13.0. The first-order valence-corrected chi connectivity index (χ1v) is 13.8. The summed E-state index contributed by atoms with van der Waals surface area (Å²) in [6, 6.07) is 13.4. The van der Waals surface area contributed by atoms with Crippen molar-refractivity contribution in [3.05, 3.63) is 36.4 Å². The molecule has 6 aliphatic rings. The van der Waals surface area contributed by atoms with E-state index in [0.717, 1.165) is 49.9 Å². The molecule has 1 saturated heterocycles. The molecule has 3 nitrogen and oxygen atoms in total. The van der Waals surface area contributed by atoms with Gasteiger partial charge in [0.05, 0.1) is 11.8 Å². The second-order valence-electron chi connectivity index (χ2n) is 11.8. The van der Waals surface area contributed by atoms with Crippen LogP contribution in [0.3, 0.4) is 0 Å². The van der Waals surface area contributed by atoms with Crippen molar-refractivity contribution in [1.82, 2.24) is 4.90 Å². The maximum absolute atomic E-state index is 11.4. The van der Waals surface area contributed by atoms with Gasteiger partial charge in [0, 0.05) is 23.4 Å². The third-order valence-corrected chi connectivity index (χ3v) is 10.8. The number of aliphatic hydroxyl groups is 1. The molecule has 1 atom stereocenters. The van der Waals surface area contributed by atoms with Crippen molar-refractivity contribution in [3.63, 3.8) is 0 Å². The lowest BCUT2D eigenvalue weighted by molar-refractivity contribution is -0.127. The fourth-order valence-corrected chi connectivity index (χ4v) is 9.71. The Morgan fingerprint density at radius 2 is 1.59 bits per heavy atom. The van der Waals surface area contributed by atoms with Gasteiger partial charge in [-0.3, -0.25) is 0 Å². The summed E-state index contributed by atoms with van der Waals surface area (Å²) in [6.45, 7) is 4.37. The summed E-state index contributed by atoms with van der Waals surface area (Å²) in [5.41, 5.74) is 1.67. The Kier molecular flexibility index (Phi) is 4.82. The Labute approximate surface area is 196 Å². The second kappa shape index (κ2) is 7.65. The summed E-state index contributed by atoms with van der Waals surface area (Å²) in [6.07, 6.45) is 10.7. The maximum atomic E-state index is 11.4. The predicted molar refractivity (Wildman–Crippen MR) is 133 cm³/mol. The number of β-amino-alcohol motifs (C(OH)–C–C–N with tert-alkyl or cyclic N) is 1. The van der Waals surface area contributed by atoms with Crippen molar-refractivity contribution >= 4 is 28.4 Å². The molecule has 4 bridgehead atoms. The lowest BCUT2D eigenvalue weighted by Gasteiger charge is -2.59. The molecule has 0 aromatic heterocycles. The van der Waals surface area contributed by atoms with Crippen LogP contribution in [0.4, 0.5) is 5.69 Å². The van der Waals surface area contributed by atoms with E-state index >= 15 is 0 Å². The second-order valence-corrected chi connectivity index (χ2v) is 12.9. The van der Waals surface area contributed by atoms with E-state index in [-0.39, 0.29) is 11.5 Å². The van der Waals surface area contributed by atoms with Crippen LogP contribution in [0.25, 0.3) is 10.8 Å². The van der Waals surface area contributed by atoms with Crippen molar-refractivity contribution in [2.24, 2.45) is 29.1 Å². The van der Waals surface area contributed by atoms with Crippen LogP contribution in [-0.4, -0.2) is 42.3 Å². The number of hydrogen-bond acceptors (Lipinski definition) is 4. The molecule has 5 fully saturated rings. The average molecular weight is 449 g/mol. The number of rotatable bonds is 5. The minimum absolute atomic E-state index is 0.103. The minimum atomic E-state index is -0.103. The largest absolute Gasteiger partial charge is 0.391 e. The molecule has 1 unspecified atom stereocenters. The van der Waals surface area contributed by atoms with Gasteiger partial charge >= 0.3 is 0 Å². The quantitative estimate of drug-likeness (QED) is 0.571. The normalized spacial score (nSPS) is 35.2. The number of aliphatic hydroxyl groups excluding tert-OH is 1. The molecule has 170 valence electrons. The van der Waals surface area contributed by atoms with Gasteiger partial charge < -0.3 is 14.3 Å². The summed E-state index contributed by atoms with van der Waals surface area (Å²) in [4.78, 5) is 4.00. The van der Waals surface area contributed by atoms with Gasteiger partial charge in [0.1, 0.15) is 0 Å². The molecule has 0 radical (unpaired) electrons. The zero-order valence-electron chi connectivity index (χ0n) is 19.1. The van der Waals surface area contributed by atoms with Gasteiger partial charge in [0.25, 0.3) is 0 Å². The SMILES string of the molecule is OC(CN1CCC(CN2Sc3cccc4cccc2c34)CC1)C12CC3CC(CC(C3)C1)C2. The van der Waals surface area contributed by atoms with Gasteiger partial charge in [-0.15, -0.1) is 0 Å². The van der Waals surface area contributed by atoms with E-state index in [1.807, 2.05) is 11.9 Å². The predicted octanol–water partition coefficient (Wildman–Crippen LogP) is 5.96. The molecule has 4 heteroatoms. The van der Waals surface area contributed by atoms with Crippen molar-refractivity contribution < 1.29 is 5.11 Å². The standard InChI is InChI=1S/C28H36N2OS/c31-26(28-14-20-11-21(15-28)13-22(12-20)16-28)18-29-9-7-19(8-10-29)17-30-24-5-1-3-23-4-2-6-25(32-30)27(23)24/h1-6,19-22,26,31H,7-18H2. The summed E-state index contributed by atoms with van der Waals surface area (Å²) >= 11 is 1.93. The van der Waals surface area contributed by atoms with Crippen molar-refractivity contribution in [1.29, 1.82) is 0 Å². The minimum Gasteiger partial charge on any atom is -0.391 e. The number of piperidine rings is 1.